The molecule has 0 radical (unpaired) electrons. The maximum Gasteiger partial charge on any atom is 0.202 e. The number of rotatable bonds is 1. The van der Waals surface area contributed by atoms with Crippen LogP contribution in [0.2, 0.25) is 0 Å². The Labute approximate surface area is 130 Å². The summed E-state index contributed by atoms with van der Waals surface area (Å²) in [7, 11) is 0. The Kier molecular flexibility index (Phi) is 3.30. The van der Waals surface area contributed by atoms with Gasteiger partial charge in [-0.2, -0.15) is 0 Å². The number of Topliss-reactive ketones (excluding diaryl/α,β-unsaturated/α-hetero) is 1. The molecule has 0 saturated heterocycles. The van der Waals surface area contributed by atoms with E-state index < -0.39 is 29.5 Å². The highest BCUT2D eigenvalue weighted by Crippen LogP contribution is 2.44. The lowest BCUT2D eigenvalue weighted by Crippen LogP contribution is -2.36. The van der Waals surface area contributed by atoms with Crippen molar-refractivity contribution in [2.45, 2.75) is 19.1 Å². The molecule has 120 valence electrons. The van der Waals surface area contributed by atoms with E-state index in [2.05, 4.69) is 0 Å². The molecular formula is C16H14O7. The Balaban J connectivity index is 2.11. The molecule has 5 N–H and O–H groups in total. The van der Waals surface area contributed by atoms with Crippen LogP contribution in [0.3, 0.4) is 0 Å². The minimum Gasteiger partial charge on any atom is -0.507 e. The summed E-state index contributed by atoms with van der Waals surface area (Å²) >= 11 is 0. The summed E-state index contributed by atoms with van der Waals surface area (Å²) in [6.45, 7) is 1.43. The predicted octanol–water partition coefficient (Wildman–Crippen LogP) is 1.49. The molecule has 23 heavy (non-hydrogen) atoms. The van der Waals surface area contributed by atoms with Crippen LogP contribution in [0.1, 0.15) is 27.6 Å². The Morgan fingerprint density at radius 2 is 1.70 bits per heavy atom. The van der Waals surface area contributed by atoms with Crippen molar-refractivity contribution in [1.29, 1.82) is 0 Å². The number of phenols is 4. The van der Waals surface area contributed by atoms with Gasteiger partial charge in [0.25, 0.3) is 0 Å². The number of ketones is 1. The van der Waals surface area contributed by atoms with Crippen molar-refractivity contribution in [2.24, 2.45) is 0 Å². The van der Waals surface area contributed by atoms with E-state index in [0.29, 0.717) is 0 Å². The number of hydrogen-bond acceptors (Lipinski definition) is 7. The van der Waals surface area contributed by atoms with Gasteiger partial charge in [-0.3, -0.25) is 4.79 Å². The summed E-state index contributed by atoms with van der Waals surface area (Å²) in [4.78, 5) is 12.4. The predicted molar refractivity (Wildman–Crippen MR) is 78.0 cm³/mol. The first-order chi connectivity index (χ1) is 10.8. The lowest BCUT2D eigenvalue weighted by Gasteiger charge is -2.30. The lowest BCUT2D eigenvalue weighted by atomic mass is 9.91. The first-order valence-electron chi connectivity index (χ1n) is 6.77. The van der Waals surface area contributed by atoms with Gasteiger partial charge in [-0.15, -0.1) is 0 Å². The number of carbonyl (C=O) groups is 1. The molecule has 0 fully saturated rings. The van der Waals surface area contributed by atoms with Gasteiger partial charge in [0.05, 0.1) is 0 Å². The van der Waals surface area contributed by atoms with Crippen LogP contribution < -0.4 is 4.74 Å². The fourth-order valence-electron chi connectivity index (χ4n) is 2.52. The van der Waals surface area contributed by atoms with E-state index in [1.54, 1.807) is 0 Å². The molecule has 1 aliphatic rings. The average Bonchev–Trinajstić information content (AvgIpc) is 2.51. The maximum atomic E-state index is 12.4. The van der Waals surface area contributed by atoms with Crippen molar-refractivity contribution in [3.8, 4) is 28.7 Å². The van der Waals surface area contributed by atoms with Crippen molar-refractivity contribution in [3.63, 3.8) is 0 Å². The lowest BCUT2D eigenvalue weighted by molar-refractivity contribution is 0.0209. The summed E-state index contributed by atoms with van der Waals surface area (Å²) in [6.07, 6.45) is -2.76. The Morgan fingerprint density at radius 3 is 2.35 bits per heavy atom. The zero-order chi connectivity index (χ0) is 16.9. The molecule has 0 aromatic heterocycles. The topological polar surface area (TPSA) is 127 Å². The number of phenolic OH excluding ortho intramolecular Hbond substituents is 4. The van der Waals surface area contributed by atoms with Gasteiger partial charge in [-0.05, 0) is 24.6 Å². The summed E-state index contributed by atoms with van der Waals surface area (Å²) in [6, 6.07) is 4.93. The Morgan fingerprint density at radius 1 is 1.00 bits per heavy atom. The van der Waals surface area contributed by atoms with E-state index in [4.69, 9.17) is 4.74 Å². The summed E-state index contributed by atoms with van der Waals surface area (Å²) in [5.41, 5.74) is 0.159. The highest BCUT2D eigenvalue weighted by molar-refractivity contribution is 6.06. The maximum absolute atomic E-state index is 12.4. The summed E-state index contributed by atoms with van der Waals surface area (Å²) in [5.74, 6) is -2.31. The molecule has 2 aromatic carbocycles. The van der Waals surface area contributed by atoms with Crippen LogP contribution in [0.25, 0.3) is 0 Å². The molecule has 7 heteroatoms. The van der Waals surface area contributed by atoms with Crippen LogP contribution in [0.15, 0.2) is 24.3 Å². The molecule has 0 unspecified atom stereocenters. The fourth-order valence-corrected chi connectivity index (χ4v) is 2.52. The molecule has 0 saturated carbocycles. The molecule has 2 aromatic rings. The first kappa shape index (κ1) is 15.0. The summed E-state index contributed by atoms with van der Waals surface area (Å²) < 4.78 is 5.53. The number of aromatic hydroxyl groups is 4. The number of aliphatic hydroxyl groups excluding tert-OH is 1. The standard InChI is InChI=1S/C16H14O7/c1-6-9(18)5-11-12(13(6)20)14(21)15(22)16(23-11)7-2-3-8(17)10(19)4-7/h2-5,15-20,22H,1H3/t15-,16-/m1/s1. The Bertz CT molecular complexity index is 813. The third-order valence-electron chi connectivity index (χ3n) is 3.87. The largest absolute Gasteiger partial charge is 0.507 e. The van der Waals surface area contributed by atoms with Gasteiger partial charge >= 0.3 is 0 Å². The van der Waals surface area contributed by atoms with Crippen LogP contribution >= 0.6 is 0 Å². The van der Waals surface area contributed by atoms with Crippen LogP contribution in [-0.2, 0) is 0 Å². The summed E-state index contributed by atoms with van der Waals surface area (Å²) in [5, 5.41) is 48.8. The van der Waals surface area contributed by atoms with Gasteiger partial charge in [0.1, 0.15) is 22.8 Å². The van der Waals surface area contributed by atoms with Crippen LogP contribution in [0, 0.1) is 6.92 Å². The highest BCUT2D eigenvalue weighted by Gasteiger charge is 2.40. The van der Waals surface area contributed by atoms with E-state index in [0.717, 1.165) is 6.07 Å². The van der Waals surface area contributed by atoms with Crippen molar-refractivity contribution >= 4 is 5.78 Å². The molecule has 0 bridgehead atoms. The normalized spacial score (nSPS) is 20.0. The third kappa shape index (κ3) is 2.22. The second kappa shape index (κ2) is 5.06. The number of fused-ring (bicyclic) bond motifs is 1. The second-order valence-corrected chi connectivity index (χ2v) is 5.34. The first-order valence-corrected chi connectivity index (χ1v) is 6.77. The quantitative estimate of drug-likeness (QED) is 0.504. The fraction of sp³-hybridized carbons (Fsp3) is 0.188. The molecular weight excluding hydrogens is 304 g/mol. The molecule has 0 amide bonds. The van der Waals surface area contributed by atoms with Gasteiger partial charge < -0.3 is 30.3 Å². The smallest absolute Gasteiger partial charge is 0.202 e. The number of benzene rings is 2. The van der Waals surface area contributed by atoms with E-state index in [1.807, 2.05) is 0 Å². The van der Waals surface area contributed by atoms with Gasteiger partial charge in [0, 0.05) is 11.6 Å². The van der Waals surface area contributed by atoms with Crippen molar-refractivity contribution < 1.29 is 35.1 Å². The van der Waals surface area contributed by atoms with Crippen LogP contribution in [0.5, 0.6) is 28.7 Å². The number of hydrogen-bond donors (Lipinski definition) is 5. The molecule has 7 nitrogen and oxygen atoms in total. The number of aliphatic hydroxyl groups is 1. The van der Waals surface area contributed by atoms with E-state index in [-0.39, 0.29) is 33.9 Å². The molecule has 0 aliphatic carbocycles. The van der Waals surface area contributed by atoms with E-state index in [1.165, 1.54) is 25.1 Å². The molecule has 0 spiro atoms. The Hall–Kier alpha value is -2.93. The molecule has 3 rings (SSSR count). The zero-order valence-corrected chi connectivity index (χ0v) is 12.0. The zero-order valence-electron chi connectivity index (χ0n) is 12.0. The SMILES string of the molecule is Cc1c(O)cc2c(c1O)C(=O)[C@@H](O)[C@@H](c1ccc(O)c(O)c1)O2. The van der Waals surface area contributed by atoms with Crippen molar-refractivity contribution in [1.82, 2.24) is 0 Å². The minimum atomic E-state index is -1.61. The van der Waals surface area contributed by atoms with E-state index >= 15 is 0 Å². The van der Waals surface area contributed by atoms with Gasteiger partial charge in [0.2, 0.25) is 5.78 Å². The minimum absolute atomic E-state index is 0.0709. The second-order valence-electron chi connectivity index (χ2n) is 5.34. The van der Waals surface area contributed by atoms with Gasteiger partial charge in [0.15, 0.2) is 23.7 Å². The average molecular weight is 318 g/mol. The van der Waals surface area contributed by atoms with Gasteiger partial charge in [-0.1, -0.05) is 6.07 Å². The van der Waals surface area contributed by atoms with E-state index in [9.17, 15) is 30.3 Å². The molecule has 2 atom stereocenters. The monoisotopic (exact) mass is 318 g/mol. The highest BCUT2D eigenvalue weighted by atomic mass is 16.5. The number of carbonyl (C=O) groups excluding carboxylic acids is 1. The molecule has 1 heterocycles. The van der Waals surface area contributed by atoms with Crippen LogP contribution in [-0.4, -0.2) is 37.4 Å². The third-order valence-corrected chi connectivity index (χ3v) is 3.87. The number of ether oxygens (including phenoxy) is 1. The van der Waals surface area contributed by atoms with Gasteiger partial charge in [-0.25, -0.2) is 0 Å². The van der Waals surface area contributed by atoms with Crippen molar-refractivity contribution in [2.75, 3.05) is 0 Å². The van der Waals surface area contributed by atoms with Crippen LogP contribution in [0.4, 0.5) is 0 Å². The van der Waals surface area contributed by atoms with Crippen molar-refractivity contribution in [3.05, 3.63) is 41.0 Å². The molecule has 1 aliphatic heterocycles.